The van der Waals surface area contributed by atoms with Crippen molar-refractivity contribution in [1.29, 1.82) is 0 Å². The minimum absolute atomic E-state index is 0.0419. The first-order valence-electron chi connectivity index (χ1n) is 8.70. The van der Waals surface area contributed by atoms with Gasteiger partial charge in [0.25, 0.3) is 5.91 Å². The van der Waals surface area contributed by atoms with E-state index in [-0.39, 0.29) is 22.9 Å². The molecule has 1 saturated heterocycles. The molecule has 150 valence electrons. The second-order valence-electron chi connectivity index (χ2n) is 6.48. The van der Waals surface area contributed by atoms with E-state index in [4.69, 9.17) is 9.47 Å². The Kier molecular flexibility index (Phi) is 5.68. The number of benzene rings is 1. The second kappa shape index (κ2) is 8.01. The highest BCUT2D eigenvalue weighted by Gasteiger charge is 2.31. The molecule has 1 N–H and O–H groups in total. The number of hydrogen-bond acceptors (Lipinski definition) is 7. The summed E-state index contributed by atoms with van der Waals surface area (Å²) in [6.07, 6.45) is 0.784. The quantitative estimate of drug-likeness (QED) is 0.702. The number of hydrogen-bond donors (Lipinski definition) is 1. The van der Waals surface area contributed by atoms with E-state index in [0.717, 1.165) is 5.69 Å². The summed E-state index contributed by atoms with van der Waals surface area (Å²) in [7, 11) is -1.71. The minimum Gasteiger partial charge on any atom is -0.493 e. The normalized spacial score (nSPS) is 19.0. The lowest BCUT2D eigenvalue weighted by Crippen LogP contribution is -2.42. The number of methoxy groups -OCH3 is 1. The maximum absolute atomic E-state index is 12.5. The van der Waals surface area contributed by atoms with Crippen LogP contribution in [0.4, 0.5) is 0 Å². The molecule has 1 aromatic heterocycles. The molecule has 0 saturated carbocycles. The van der Waals surface area contributed by atoms with Gasteiger partial charge in [-0.2, -0.15) is 5.10 Å². The molecule has 1 aliphatic heterocycles. The number of nitrogens with zero attached hydrogens (tertiary/aromatic N) is 2. The van der Waals surface area contributed by atoms with E-state index >= 15 is 0 Å². The maximum Gasteiger partial charge on any atom is 0.363 e. The highest BCUT2D eigenvalue weighted by atomic mass is 32.2. The maximum atomic E-state index is 12.5. The fourth-order valence-electron chi connectivity index (χ4n) is 2.86. The van der Waals surface area contributed by atoms with Crippen LogP contribution in [0.25, 0.3) is 5.69 Å². The van der Waals surface area contributed by atoms with Crippen molar-refractivity contribution in [2.45, 2.75) is 25.5 Å². The Morgan fingerprint density at radius 1 is 1.29 bits per heavy atom. The molecule has 9 nitrogen and oxygen atoms in total. The number of rotatable bonds is 6. The van der Waals surface area contributed by atoms with Gasteiger partial charge in [-0.1, -0.05) is 18.2 Å². The van der Waals surface area contributed by atoms with E-state index in [2.05, 4.69) is 10.4 Å². The summed E-state index contributed by atoms with van der Waals surface area (Å²) in [5, 5.41) is 6.79. The Hall–Kier alpha value is -2.88. The summed E-state index contributed by atoms with van der Waals surface area (Å²) in [6.45, 7) is 1.41. The number of amides is 1. The molecule has 28 heavy (non-hydrogen) atoms. The van der Waals surface area contributed by atoms with E-state index in [9.17, 15) is 18.0 Å². The van der Waals surface area contributed by atoms with Gasteiger partial charge in [0.15, 0.2) is 21.7 Å². The number of para-hydroxylation sites is 1. The monoisotopic (exact) mass is 407 g/mol. The molecule has 0 radical (unpaired) electrons. The van der Waals surface area contributed by atoms with Crippen LogP contribution in [-0.2, 0) is 19.4 Å². The third kappa shape index (κ3) is 4.50. The van der Waals surface area contributed by atoms with Gasteiger partial charge in [-0.15, -0.1) is 0 Å². The lowest BCUT2D eigenvalue weighted by Gasteiger charge is -2.16. The van der Waals surface area contributed by atoms with Crippen molar-refractivity contribution >= 4 is 21.7 Å². The van der Waals surface area contributed by atoms with E-state index in [1.54, 1.807) is 6.20 Å². The smallest absolute Gasteiger partial charge is 0.363 e. The molecule has 0 aliphatic carbocycles. The fraction of sp³-hybridized carbons (Fsp3) is 0.389. The van der Waals surface area contributed by atoms with E-state index in [1.807, 2.05) is 30.3 Å². The Balaban J connectivity index is 1.67. The molecule has 2 atom stereocenters. The minimum atomic E-state index is -3.12. The van der Waals surface area contributed by atoms with Gasteiger partial charge in [0.05, 0.1) is 30.5 Å². The number of carbonyl (C=O) groups is 2. The predicted molar refractivity (Wildman–Crippen MR) is 100 cm³/mol. The molecule has 3 rings (SSSR count). The molecule has 2 aromatic rings. The van der Waals surface area contributed by atoms with Crippen LogP contribution in [0, 0.1) is 0 Å². The third-order valence-electron chi connectivity index (χ3n) is 4.35. The van der Waals surface area contributed by atoms with Crippen LogP contribution in [0.15, 0.2) is 36.5 Å². The number of sulfone groups is 1. The van der Waals surface area contributed by atoms with Gasteiger partial charge in [0.2, 0.25) is 5.69 Å². The average Bonchev–Trinajstić information content (AvgIpc) is 3.25. The van der Waals surface area contributed by atoms with Gasteiger partial charge in [-0.25, -0.2) is 17.9 Å². The van der Waals surface area contributed by atoms with Crippen LogP contribution in [0.2, 0.25) is 0 Å². The van der Waals surface area contributed by atoms with Crippen LogP contribution < -0.4 is 10.1 Å². The molecule has 1 aliphatic rings. The standard InChI is InChI=1S/C18H21N3O6S/c1-12(17(22)19-13-8-9-28(24,25)11-13)27-18(23)16-15(26-2)10-21(20-16)14-6-4-3-5-7-14/h3-7,10,12-13H,8-9,11H2,1-2H3,(H,19,22)/t12-,13-/m0/s1. The first-order chi connectivity index (χ1) is 13.3. The summed E-state index contributed by atoms with van der Waals surface area (Å²) in [4.78, 5) is 24.7. The molecular formula is C18H21N3O6S. The molecule has 1 amide bonds. The summed E-state index contributed by atoms with van der Waals surface area (Å²) >= 11 is 0. The first-order valence-corrected chi connectivity index (χ1v) is 10.5. The number of nitrogens with one attached hydrogen (secondary N) is 1. The zero-order valence-electron chi connectivity index (χ0n) is 15.5. The summed E-state index contributed by atoms with van der Waals surface area (Å²) in [5.41, 5.74) is 0.669. The van der Waals surface area contributed by atoms with Gasteiger partial charge >= 0.3 is 5.97 Å². The molecule has 1 fully saturated rings. The van der Waals surface area contributed by atoms with Crippen molar-refractivity contribution in [1.82, 2.24) is 15.1 Å². The van der Waals surface area contributed by atoms with Crippen LogP contribution in [0.5, 0.6) is 5.75 Å². The number of carbonyl (C=O) groups excluding carboxylic acids is 2. The van der Waals surface area contributed by atoms with Crippen molar-refractivity contribution < 1.29 is 27.5 Å². The third-order valence-corrected chi connectivity index (χ3v) is 6.11. The van der Waals surface area contributed by atoms with Crippen molar-refractivity contribution in [3.63, 3.8) is 0 Å². The van der Waals surface area contributed by atoms with E-state index in [0.29, 0.717) is 6.42 Å². The van der Waals surface area contributed by atoms with Crippen molar-refractivity contribution in [2.75, 3.05) is 18.6 Å². The average molecular weight is 407 g/mol. The predicted octanol–water partition coefficient (Wildman–Crippen LogP) is 0.730. The molecular weight excluding hydrogens is 386 g/mol. The summed E-state index contributed by atoms with van der Waals surface area (Å²) < 4.78 is 34.8. The van der Waals surface area contributed by atoms with Crippen molar-refractivity contribution in [2.24, 2.45) is 0 Å². The Bertz CT molecular complexity index is 970. The van der Waals surface area contributed by atoms with E-state index in [1.165, 1.54) is 18.7 Å². The van der Waals surface area contributed by atoms with Crippen LogP contribution in [0.3, 0.4) is 0 Å². The molecule has 1 aromatic carbocycles. The molecule has 10 heteroatoms. The highest BCUT2D eigenvalue weighted by Crippen LogP contribution is 2.21. The Labute approximate surface area is 162 Å². The Morgan fingerprint density at radius 2 is 2.00 bits per heavy atom. The largest absolute Gasteiger partial charge is 0.493 e. The van der Waals surface area contributed by atoms with Crippen molar-refractivity contribution in [3.05, 3.63) is 42.2 Å². The van der Waals surface area contributed by atoms with Gasteiger partial charge in [0.1, 0.15) is 0 Å². The van der Waals surface area contributed by atoms with Gasteiger partial charge in [-0.3, -0.25) is 4.79 Å². The first kappa shape index (κ1) is 19.9. The zero-order chi connectivity index (χ0) is 20.3. The number of esters is 1. The molecule has 0 bridgehead atoms. The topological polar surface area (TPSA) is 117 Å². The van der Waals surface area contributed by atoms with Gasteiger partial charge in [0, 0.05) is 6.04 Å². The van der Waals surface area contributed by atoms with Crippen LogP contribution >= 0.6 is 0 Å². The van der Waals surface area contributed by atoms with Crippen LogP contribution in [-0.4, -0.2) is 60.8 Å². The molecule has 0 unspecified atom stereocenters. The van der Waals surface area contributed by atoms with E-state index < -0.39 is 33.9 Å². The number of ether oxygens (including phenoxy) is 2. The SMILES string of the molecule is COc1cn(-c2ccccc2)nc1C(=O)O[C@@H](C)C(=O)N[C@H]1CCS(=O)(=O)C1. The number of aromatic nitrogens is 2. The second-order valence-corrected chi connectivity index (χ2v) is 8.71. The summed E-state index contributed by atoms with van der Waals surface area (Å²) in [6, 6.07) is 8.68. The lowest BCUT2D eigenvalue weighted by molar-refractivity contribution is -0.129. The lowest BCUT2D eigenvalue weighted by atomic mass is 10.2. The fourth-order valence-corrected chi connectivity index (χ4v) is 4.53. The summed E-state index contributed by atoms with van der Waals surface area (Å²) in [5.74, 6) is -1.22. The van der Waals surface area contributed by atoms with Gasteiger partial charge < -0.3 is 14.8 Å². The van der Waals surface area contributed by atoms with Gasteiger partial charge in [-0.05, 0) is 25.5 Å². The Morgan fingerprint density at radius 3 is 2.61 bits per heavy atom. The van der Waals surface area contributed by atoms with Crippen LogP contribution in [0.1, 0.15) is 23.8 Å². The van der Waals surface area contributed by atoms with Crippen molar-refractivity contribution in [3.8, 4) is 11.4 Å². The molecule has 2 heterocycles. The zero-order valence-corrected chi connectivity index (χ0v) is 16.3. The molecule has 0 spiro atoms. The highest BCUT2D eigenvalue weighted by molar-refractivity contribution is 7.91.